The van der Waals surface area contributed by atoms with Gasteiger partial charge in [0.15, 0.2) is 0 Å². The predicted octanol–water partition coefficient (Wildman–Crippen LogP) is 2.85. The van der Waals surface area contributed by atoms with Crippen LogP contribution in [0.5, 0.6) is 0 Å². The molecular weight excluding hydrogens is 306 g/mol. The lowest BCUT2D eigenvalue weighted by molar-refractivity contribution is 0.0464. The van der Waals surface area contributed by atoms with E-state index in [2.05, 4.69) is 16.0 Å². The number of alkyl halides is 1. The van der Waals surface area contributed by atoms with Gasteiger partial charge < -0.3 is 20.7 Å². The van der Waals surface area contributed by atoms with Gasteiger partial charge in [0.25, 0.3) is 0 Å². The van der Waals surface area contributed by atoms with Crippen LogP contribution in [0, 0.1) is 5.41 Å². The molecule has 0 bridgehead atoms. The van der Waals surface area contributed by atoms with Gasteiger partial charge >= 0.3 is 12.1 Å². The van der Waals surface area contributed by atoms with Crippen LogP contribution >= 0.6 is 11.6 Å². The van der Waals surface area contributed by atoms with Crippen molar-refractivity contribution in [2.75, 3.05) is 19.0 Å². The zero-order valence-electron chi connectivity index (χ0n) is 14.5. The fourth-order valence-corrected chi connectivity index (χ4v) is 1.68. The lowest BCUT2D eigenvalue weighted by Crippen LogP contribution is -2.53. The molecule has 0 aromatic carbocycles. The maximum atomic E-state index is 11.9. The quantitative estimate of drug-likeness (QED) is 0.516. The number of carbonyl (C=O) groups is 2. The Balaban J connectivity index is 4.43. The van der Waals surface area contributed by atoms with Crippen molar-refractivity contribution in [3.05, 3.63) is 0 Å². The van der Waals surface area contributed by atoms with E-state index in [-0.39, 0.29) is 17.5 Å². The van der Waals surface area contributed by atoms with Crippen LogP contribution in [0.2, 0.25) is 0 Å². The second-order valence-corrected chi connectivity index (χ2v) is 7.62. The van der Waals surface area contributed by atoms with Crippen LogP contribution in [0.15, 0.2) is 0 Å². The monoisotopic (exact) mass is 335 g/mol. The van der Waals surface area contributed by atoms with Crippen LogP contribution in [0.25, 0.3) is 0 Å². The van der Waals surface area contributed by atoms with Gasteiger partial charge in [-0.25, -0.2) is 9.59 Å². The second kappa shape index (κ2) is 9.08. The molecule has 3 N–H and O–H groups in total. The molecule has 0 saturated carbocycles. The number of halogens is 1. The van der Waals surface area contributed by atoms with E-state index in [4.69, 9.17) is 16.3 Å². The molecule has 6 nitrogen and oxygen atoms in total. The van der Waals surface area contributed by atoms with E-state index in [0.717, 1.165) is 0 Å². The maximum absolute atomic E-state index is 11.9. The number of carbonyl (C=O) groups excluding carboxylic acids is 2. The van der Waals surface area contributed by atoms with E-state index < -0.39 is 11.7 Å². The minimum atomic E-state index is -0.557. The van der Waals surface area contributed by atoms with E-state index >= 15 is 0 Å². The molecule has 0 saturated heterocycles. The molecule has 0 fully saturated rings. The number of rotatable bonds is 6. The average molecular weight is 336 g/mol. The molecule has 7 heteroatoms. The van der Waals surface area contributed by atoms with Crippen molar-refractivity contribution in [3.8, 4) is 0 Å². The summed E-state index contributed by atoms with van der Waals surface area (Å²) in [6.45, 7) is 12.2. The minimum Gasteiger partial charge on any atom is -0.444 e. The van der Waals surface area contributed by atoms with Gasteiger partial charge in [0.1, 0.15) is 5.60 Å². The summed E-state index contributed by atoms with van der Waals surface area (Å²) in [4.78, 5) is 23.5. The summed E-state index contributed by atoms with van der Waals surface area (Å²) in [6.07, 6.45) is 0.227. The maximum Gasteiger partial charge on any atom is 0.407 e. The van der Waals surface area contributed by atoms with Crippen LogP contribution < -0.4 is 16.0 Å². The number of ether oxygens (including phenoxy) is 1. The molecule has 0 radical (unpaired) electrons. The van der Waals surface area contributed by atoms with Crippen LogP contribution in [-0.2, 0) is 4.74 Å². The Bertz CT molecular complexity index is 362. The number of alkyl carbamates (subject to hydrolysis) is 1. The zero-order chi connectivity index (χ0) is 17.4. The smallest absolute Gasteiger partial charge is 0.407 e. The molecule has 0 heterocycles. The third kappa shape index (κ3) is 10.5. The molecule has 0 aliphatic heterocycles. The highest BCUT2D eigenvalue weighted by atomic mass is 35.5. The normalized spacial score (nSPS) is 13.2. The van der Waals surface area contributed by atoms with E-state index in [1.54, 1.807) is 20.8 Å². The Hall–Kier alpha value is -1.17. The first kappa shape index (κ1) is 20.8. The van der Waals surface area contributed by atoms with E-state index in [1.165, 1.54) is 0 Å². The summed E-state index contributed by atoms with van der Waals surface area (Å²) in [7, 11) is 0. The van der Waals surface area contributed by atoms with Gasteiger partial charge in [0.05, 0.1) is 6.04 Å². The number of amides is 3. The Morgan fingerprint density at radius 1 is 1.09 bits per heavy atom. The minimum absolute atomic E-state index is 0.222. The summed E-state index contributed by atoms with van der Waals surface area (Å²) < 4.78 is 5.26. The van der Waals surface area contributed by atoms with Crippen molar-refractivity contribution in [3.63, 3.8) is 0 Å². The van der Waals surface area contributed by atoms with Gasteiger partial charge in [0, 0.05) is 19.0 Å². The third-order valence-electron chi connectivity index (χ3n) is 2.80. The fourth-order valence-electron chi connectivity index (χ4n) is 1.55. The topological polar surface area (TPSA) is 79.5 Å². The highest BCUT2D eigenvalue weighted by Crippen LogP contribution is 2.19. The molecular formula is C15H30ClN3O3. The van der Waals surface area contributed by atoms with Crippen molar-refractivity contribution in [2.45, 2.75) is 59.6 Å². The van der Waals surface area contributed by atoms with Crippen molar-refractivity contribution in [1.82, 2.24) is 16.0 Å². The number of nitrogens with one attached hydrogen (secondary N) is 3. The van der Waals surface area contributed by atoms with Crippen LogP contribution in [-0.4, -0.2) is 42.7 Å². The molecule has 0 aromatic heterocycles. The molecule has 0 spiro atoms. The summed E-state index contributed by atoms with van der Waals surface area (Å²) in [5.74, 6) is 0.505. The lowest BCUT2D eigenvalue weighted by Gasteiger charge is -2.32. The molecule has 0 unspecified atom stereocenters. The molecule has 22 heavy (non-hydrogen) atoms. The molecule has 0 aliphatic carbocycles. The Morgan fingerprint density at radius 2 is 1.68 bits per heavy atom. The highest BCUT2D eigenvalue weighted by molar-refractivity contribution is 6.17. The number of hydrogen-bond donors (Lipinski definition) is 3. The third-order valence-corrected chi connectivity index (χ3v) is 3.07. The molecule has 3 amide bonds. The van der Waals surface area contributed by atoms with Crippen LogP contribution in [0.4, 0.5) is 9.59 Å². The van der Waals surface area contributed by atoms with Crippen molar-refractivity contribution in [2.24, 2.45) is 5.41 Å². The standard InChI is InChI=1S/C15H30ClN3O3/c1-14(2,3)11(19-13(21)22-15(4,5)6)10-18-12(20)17-9-7-8-16/h11H,7-10H2,1-6H3,(H,19,21)(H2,17,18,20)/t11-/m0/s1. The van der Waals surface area contributed by atoms with Gasteiger partial charge in [-0.1, -0.05) is 20.8 Å². The first-order valence-electron chi connectivity index (χ1n) is 7.53. The zero-order valence-corrected chi connectivity index (χ0v) is 15.3. The molecule has 130 valence electrons. The lowest BCUT2D eigenvalue weighted by atomic mass is 9.87. The average Bonchev–Trinajstić information content (AvgIpc) is 2.31. The predicted molar refractivity (Wildman–Crippen MR) is 89.4 cm³/mol. The van der Waals surface area contributed by atoms with Gasteiger partial charge in [-0.2, -0.15) is 0 Å². The highest BCUT2D eigenvalue weighted by Gasteiger charge is 2.28. The van der Waals surface area contributed by atoms with Crippen molar-refractivity contribution < 1.29 is 14.3 Å². The van der Waals surface area contributed by atoms with Crippen molar-refractivity contribution in [1.29, 1.82) is 0 Å². The largest absolute Gasteiger partial charge is 0.444 e. The molecule has 1 atom stereocenters. The fraction of sp³-hybridized carbons (Fsp3) is 0.867. The van der Waals surface area contributed by atoms with E-state index in [9.17, 15) is 9.59 Å². The Labute approximate surface area is 138 Å². The number of hydrogen-bond acceptors (Lipinski definition) is 3. The molecule has 0 aromatic rings. The Morgan fingerprint density at radius 3 is 2.14 bits per heavy atom. The van der Waals surface area contributed by atoms with Gasteiger partial charge in [-0.3, -0.25) is 0 Å². The summed E-state index contributed by atoms with van der Waals surface area (Å²) in [6, 6.07) is -0.522. The van der Waals surface area contributed by atoms with E-state index in [0.29, 0.717) is 25.4 Å². The SMILES string of the molecule is CC(C)(C)OC(=O)N[C@@H](CNC(=O)NCCCCl)C(C)(C)C. The molecule has 0 rings (SSSR count). The summed E-state index contributed by atoms with van der Waals surface area (Å²) in [5.41, 5.74) is -0.779. The summed E-state index contributed by atoms with van der Waals surface area (Å²) >= 11 is 5.55. The first-order valence-corrected chi connectivity index (χ1v) is 8.06. The first-order chi connectivity index (χ1) is 9.95. The van der Waals surface area contributed by atoms with Gasteiger partial charge in [0.2, 0.25) is 0 Å². The van der Waals surface area contributed by atoms with Crippen molar-refractivity contribution >= 4 is 23.7 Å². The van der Waals surface area contributed by atoms with E-state index in [1.807, 2.05) is 20.8 Å². The molecule has 0 aliphatic rings. The summed E-state index contributed by atoms with van der Waals surface area (Å²) in [5, 5.41) is 8.27. The van der Waals surface area contributed by atoms with Gasteiger partial charge in [-0.05, 0) is 32.6 Å². The Kier molecular flexibility index (Phi) is 8.60. The van der Waals surface area contributed by atoms with Crippen LogP contribution in [0.3, 0.4) is 0 Å². The number of urea groups is 1. The van der Waals surface area contributed by atoms with Gasteiger partial charge in [-0.15, -0.1) is 11.6 Å². The van der Waals surface area contributed by atoms with Crippen LogP contribution in [0.1, 0.15) is 48.0 Å². The second-order valence-electron chi connectivity index (χ2n) is 7.24.